The highest BCUT2D eigenvalue weighted by atomic mass is 19.3. The fourth-order valence-corrected chi connectivity index (χ4v) is 4.94. The van der Waals surface area contributed by atoms with Gasteiger partial charge >= 0.3 is 5.69 Å². The Balaban J connectivity index is 1.39. The molecule has 2 aromatic heterocycles. The summed E-state index contributed by atoms with van der Waals surface area (Å²) in [7, 11) is 1.67. The van der Waals surface area contributed by atoms with E-state index in [0.29, 0.717) is 29.3 Å². The van der Waals surface area contributed by atoms with Crippen molar-refractivity contribution in [1.29, 1.82) is 0 Å². The Kier molecular flexibility index (Phi) is 2.41. The molecular formula is C17H19F2N5O. The molecule has 132 valence electrons. The molecule has 25 heavy (non-hydrogen) atoms. The van der Waals surface area contributed by atoms with Crippen LogP contribution >= 0.6 is 0 Å². The van der Waals surface area contributed by atoms with E-state index in [-0.39, 0.29) is 18.7 Å². The van der Waals surface area contributed by atoms with Gasteiger partial charge in [-0.15, -0.1) is 0 Å². The summed E-state index contributed by atoms with van der Waals surface area (Å²) in [4.78, 5) is 22.1. The van der Waals surface area contributed by atoms with E-state index in [1.807, 2.05) is 12.1 Å². The topological polar surface area (TPSA) is 46.3 Å². The largest absolute Gasteiger partial charge is 0.349 e. The number of aromatic nitrogens is 3. The van der Waals surface area contributed by atoms with Gasteiger partial charge in [0, 0.05) is 51.1 Å². The van der Waals surface area contributed by atoms with Gasteiger partial charge in [0.25, 0.3) is 5.92 Å². The second-order valence-electron chi connectivity index (χ2n) is 8.00. The lowest BCUT2D eigenvalue weighted by molar-refractivity contribution is -0.115. The molecule has 2 aromatic rings. The Labute approximate surface area is 142 Å². The average molecular weight is 347 g/mol. The predicted molar refractivity (Wildman–Crippen MR) is 88.1 cm³/mol. The minimum absolute atomic E-state index is 0.0651. The number of piperidine rings is 2. The molecule has 1 saturated carbocycles. The molecule has 5 aliphatic heterocycles. The first-order chi connectivity index (χ1) is 11.9. The molecule has 1 aliphatic carbocycles. The van der Waals surface area contributed by atoms with E-state index >= 15 is 0 Å². The van der Waals surface area contributed by atoms with Crippen LogP contribution in [0.15, 0.2) is 16.9 Å². The minimum atomic E-state index is -2.63. The van der Waals surface area contributed by atoms with E-state index in [1.54, 1.807) is 7.05 Å². The van der Waals surface area contributed by atoms with E-state index in [9.17, 15) is 13.6 Å². The SMILES string of the molecule is Cn1c(=O)n(CC2CC2(F)F)c2ccc(N3CC4CC5C3CN45)nc21. The molecule has 8 heteroatoms. The van der Waals surface area contributed by atoms with Crippen LogP contribution in [0.3, 0.4) is 0 Å². The highest BCUT2D eigenvalue weighted by molar-refractivity contribution is 5.74. The number of nitrogens with zero attached hydrogens (tertiary/aromatic N) is 5. The maximum Gasteiger partial charge on any atom is 0.330 e. The van der Waals surface area contributed by atoms with Crippen molar-refractivity contribution in [2.75, 3.05) is 18.0 Å². The lowest BCUT2D eigenvalue weighted by atomic mass is 9.73. The summed E-state index contributed by atoms with van der Waals surface area (Å²) < 4.78 is 29.5. The molecule has 0 spiro atoms. The standard InChI is InChI=1S/C17H19F2N5O/c1-21-15-11(24(16(21)25)6-9-5-17(9,18)19)2-3-14(20-15)23-7-10-4-12-13(23)8-22(10)12/h2-3,9-10,12-13H,4-8H2,1H3. The molecule has 6 fully saturated rings. The fraction of sp³-hybridized carbons (Fsp3) is 0.647. The van der Waals surface area contributed by atoms with E-state index in [1.165, 1.54) is 15.6 Å². The molecule has 5 saturated heterocycles. The number of pyridine rings is 1. The third-order valence-corrected chi connectivity index (χ3v) is 6.68. The van der Waals surface area contributed by atoms with Crippen molar-refractivity contribution >= 4 is 17.0 Å². The van der Waals surface area contributed by atoms with Crippen molar-refractivity contribution in [1.82, 2.24) is 19.0 Å². The van der Waals surface area contributed by atoms with Crippen molar-refractivity contribution in [3.63, 3.8) is 0 Å². The summed E-state index contributed by atoms with van der Waals surface area (Å²) in [5, 5.41) is 0. The summed E-state index contributed by atoms with van der Waals surface area (Å²) in [6, 6.07) is 5.64. The maximum absolute atomic E-state index is 13.3. The zero-order chi connectivity index (χ0) is 17.1. The van der Waals surface area contributed by atoms with Crippen molar-refractivity contribution in [2.24, 2.45) is 13.0 Å². The average Bonchev–Trinajstić information content (AvgIpc) is 3.14. The maximum atomic E-state index is 13.3. The lowest BCUT2D eigenvalue weighted by Crippen LogP contribution is -2.84. The highest BCUT2D eigenvalue weighted by Crippen LogP contribution is 2.49. The number of aryl methyl sites for hydroxylation is 1. The number of imidazole rings is 1. The fourth-order valence-electron chi connectivity index (χ4n) is 4.94. The van der Waals surface area contributed by atoms with Gasteiger partial charge in [0.1, 0.15) is 5.82 Å². The molecule has 0 amide bonds. The minimum Gasteiger partial charge on any atom is -0.349 e. The van der Waals surface area contributed by atoms with Crippen molar-refractivity contribution < 1.29 is 8.78 Å². The number of halogens is 2. The van der Waals surface area contributed by atoms with Crippen LogP contribution in [0.2, 0.25) is 0 Å². The molecule has 6 nitrogen and oxygen atoms in total. The van der Waals surface area contributed by atoms with Gasteiger partial charge in [0.2, 0.25) is 0 Å². The smallest absolute Gasteiger partial charge is 0.330 e. The zero-order valence-corrected chi connectivity index (χ0v) is 13.9. The normalized spacial score (nSPS) is 36.9. The van der Waals surface area contributed by atoms with Gasteiger partial charge < -0.3 is 4.90 Å². The molecule has 0 N–H and O–H groups in total. The second-order valence-corrected chi connectivity index (χ2v) is 8.00. The molecule has 4 bridgehead atoms. The van der Waals surface area contributed by atoms with Crippen LogP contribution in [0.25, 0.3) is 11.2 Å². The third-order valence-electron chi connectivity index (χ3n) is 6.68. The van der Waals surface area contributed by atoms with Gasteiger partial charge in [-0.3, -0.25) is 14.0 Å². The first kappa shape index (κ1) is 14.2. The van der Waals surface area contributed by atoms with Gasteiger partial charge in [-0.05, 0) is 18.6 Å². The molecule has 8 rings (SSSR count). The van der Waals surface area contributed by atoms with Crippen LogP contribution < -0.4 is 10.6 Å². The summed E-state index contributed by atoms with van der Waals surface area (Å²) >= 11 is 0. The van der Waals surface area contributed by atoms with Gasteiger partial charge in [-0.25, -0.2) is 18.6 Å². The molecule has 6 aliphatic rings. The molecule has 5 atom stereocenters. The number of hydrogen-bond acceptors (Lipinski definition) is 4. The quantitative estimate of drug-likeness (QED) is 0.832. The van der Waals surface area contributed by atoms with Gasteiger partial charge in [0.15, 0.2) is 5.65 Å². The summed E-state index contributed by atoms with van der Waals surface area (Å²) in [5.74, 6) is -2.46. The summed E-state index contributed by atoms with van der Waals surface area (Å²) in [6.07, 6.45) is 1.16. The molecular weight excluding hydrogens is 328 g/mol. The van der Waals surface area contributed by atoms with Gasteiger partial charge in [-0.1, -0.05) is 0 Å². The summed E-state index contributed by atoms with van der Waals surface area (Å²) in [6.45, 7) is 2.16. The number of hydrogen-bond donors (Lipinski definition) is 0. The Morgan fingerprint density at radius 2 is 2.08 bits per heavy atom. The molecule has 5 unspecified atom stereocenters. The van der Waals surface area contributed by atoms with Crippen LogP contribution in [-0.2, 0) is 13.6 Å². The van der Waals surface area contributed by atoms with Crippen LogP contribution in [0.5, 0.6) is 0 Å². The first-order valence-electron chi connectivity index (χ1n) is 8.90. The Bertz CT molecular complexity index is 962. The van der Waals surface area contributed by atoms with E-state index in [0.717, 1.165) is 18.9 Å². The van der Waals surface area contributed by atoms with E-state index in [2.05, 4.69) is 9.80 Å². The number of rotatable bonds is 3. The molecule has 0 aromatic carbocycles. The second kappa shape index (κ2) is 4.23. The first-order valence-corrected chi connectivity index (χ1v) is 8.90. The van der Waals surface area contributed by atoms with Crippen molar-refractivity contribution in [2.45, 2.75) is 43.4 Å². The number of alkyl halides is 2. The molecule has 7 heterocycles. The van der Waals surface area contributed by atoms with Crippen molar-refractivity contribution in [3.05, 3.63) is 22.6 Å². The molecule has 0 radical (unpaired) electrons. The number of anilines is 1. The Hall–Kier alpha value is -1.96. The van der Waals surface area contributed by atoms with Gasteiger partial charge in [0.05, 0.1) is 11.6 Å². The number of fused-ring (bicyclic) bond motifs is 1. The lowest BCUT2D eigenvalue weighted by Gasteiger charge is -2.70. The highest BCUT2D eigenvalue weighted by Gasteiger charge is 2.59. The number of piperazine rings is 2. The predicted octanol–water partition coefficient (Wildman–Crippen LogP) is 1.04. The Morgan fingerprint density at radius 1 is 1.28 bits per heavy atom. The Morgan fingerprint density at radius 3 is 2.68 bits per heavy atom. The van der Waals surface area contributed by atoms with Crippen LogP contribution in [-0.4, -0.2) is 56.2 Å². The zero-order valence-electron chi connectivity index (χ0n) is 13.9. The third kappa shape index (κ3) is 1.71. The van der Waals surface area contributed by atoms with E-state index < -0.39 is 11.8 Å². The van der Waals surface area contributed by atoms with Crippen LogP contribution in [0, 0.1) is 5.92 Å². The van der Waals surface area contributed by atoms with Crippen LogP contribution in [0.1, 0.15) is 12.8 Å². The monoisotopic (exact) mass is 347 g/mol. The van der Waals surface area contributed by atoms with Crippen LogP contribution in [0.4, 0.5) is 14.6 Å². The van der Waals surface area contributed by atoms with Crippen molar-refractivity contribution in [3.8, 4) is 0 Å². The van der Waals surface area contributed by atoms with Gasteiger partial charge in [-0.2, -0.15) is 0 Å². The summed E-state index contributed by atoms with van der Waals surface area (Å²) in [5.41, 5.74) is 0.969. The van der Waals surface area contributed by atoms with E-state index in [4.69, 9.17) is 4.98 Å².